The van der Waals surface area contributed by atoms with Crippen molar-refractivity contribution in [3.63, 3.8) is 0 Å². The minimum atomic E-state index is -0.690. The number of nitrogens with one attached hydrogen (secondary N) is 1. The average molecular weight is 323 g/mol. The molecule has 0 radical (unpaired) electrons. The summed E-state index contributed by atoms with van der Waals surface area (Å²) in [5.41, 5.74) is 3.24. The first-order valence-corrected chi connectivity index (χ1v) is 7.91. The second-order valence-corrected chi connectivity index (χ2v) is 6.24. The molecule has 1 amide bonds. The van der Waals surface area contributed by atoms with Gasteiger partial charge in [-0.2, -0.15) is 0 Å². The highest BCUT2D eigenvalue weighted by molar-refractivity contribution is 6.31. The van der Waals surface area contributed by atoms with Gasteiger partial charge in [-0.1, -0.05) is 18.2 Å². The topological polar surface area (TPSA) is 89.8 Å². The Hall–Kier alpha value is -2.79. The quantitative estimate of drug-likeness (QED) is 0.480. The number of phenols is 2. The van der Waals surface area contributed by atoms with Crippen molar-refractivity contribution in [2.24, 2.45) is 0 Å². The Labute approximate surface area is 138 Å². The van der Waals surface area contributed by atoms with Crippen LogP contribution in [0, 0.1) is 0 Å². The van der Waals surface area contributed by atoms with Crippen LogP contribution in [0.5, 0.6) is 11.5 Å². The minimum Gasteiger partial charge on any atom is -0.508 e. The summed E-state index contributed by atoms with van der Waals surface area (Å²) in [6, 6.07) is 9.95. The molecule has 122 valence electrons. The second kappa shape index (κ2) is 5.39. The number of anilines is 1. The zero-order valence-corrected chi connectivity index (χ0v) is 12.9. The monoisotopic (exact) mass is 323 g/mol. The fourth-order valence-corrected chi connectivity index (χ4v) is 3.61. The number of carbonyl (C=O) groups is 1. The molecule has 0 aromatic heterocycles. The Bertz CT molecular complexity index is 872. The highest BCUT2D eigenvalue weighted by atomic mass is 16.3. The Balaban J connectivity index is 1.81. The van der Waals surface area contributed by atoms with Crippen LogP contribution >= 0.6 is 0 Å². The molecule has 0 saturated heterocycles. The maximum atomic E-state index is 12.3. The predicted octanol–water partition coefficient (Wildman–Crippen LogP) is 3.04. The van der Waals surface area contributed by atoms with E-state index in [1.54, 1.807) is 24.3 Å². The number of carbonyl (C=O) groups excluding carboxylic acids is 1. The van der Waals surface area contributed by atoms with Gasteiger partial charge in [-0.25, -0.2) is 0 Å². The number of aliphatic hydroxyl groups is 1. The summed E-state index contributed by atoms with van der Waals surface area (Å²) in [4.78, 5) is 12.3. The number of rotatable bonds is 1. The van der Waals surface area contributed by atoms with Crippen LogP contribution in [0.1, 0.15) is 41.6 Å². The summed E-state index contributed by atoms with van der Waals surface area (Å²) < 4.78 is 0. The molecular weight excluding hydrogens is 306 g/mol. The molecule has 24 heavy (non-hydrogen) atoms. The molecule has 0 saturated carbocycles. The lowest BCUT2D eigenvalue weighted by Gasteiger charge is -2.28. The molecule has 0 bridgehead atoms. The van der Waals surface area contributed by atoms with Crippen LogP contribution in [0.25, 0.3) is 5.57 Å². The number of amides is 1. The number of aliphatic hydroxyl groups excluding tert-OH is 1. The Morgan fingerprint density at radius 2 is 1.96 bits per heavy atom. The van der Waals surface area contributed by atoms with Crippen molar-refractivity contribution in [1.29, 1.82) is 0 Å². The summed E-state index contributed by atoms with van der Waals surface area (Å²) in [6.45, 7) is 0. The van der Waals surface area contributed by atoms with Crippen molar-refractivity contribution >= 4 is 17.2 Å². The van der Waals surface area contributed by atoms with E-state index in [0.717, 1.165) is 5.56 Å². The maximum Gasteiger partial charge on any atom is 0.256 e. The van der Waals surface area contributed by atoms with Crippen LogP contribution in [-0.4, -0.2) is 21.2 Å². The van der Waals surface area contributed by atoms with Crippen molar-refractivity contribution < 1.29 is 20.1 Å². The third kappa shape index (κ3) is 2.25. The van der Waals surface area contributed by atoms with Gasteiger partial charge >= 0.3 is 0 Å². The summed E-state index contributed by atoms with van der Waals surface area (Å²) in [5.74, 6) is -0.0988. The molecule has 5 heteroatoms. The summed E-state index contributed by atoms with van der Waals surface area (Å²) in [7, 11) is 0. The average Bonchev–Trinajstić information content (AvgIpc) is 2.85. The first-order valence-electron chi connectivity index (χ1n) is 7.91. The van der Waals surface area contributed by atoms with Gasteiger partial charge in [0.2, 0.25) is 0 Å². The van der Waals surface area contributed by atoms with E-state index in [4.69, 9.17) is 0 Å². The Kier molecular flexibility index (Phi) is 3.32. The molecule has 1 aliphatic heterocycles. The van der Waals surface area contributed by atoms with Gasteiger partial charge in [-0.15, -0.1) is 0 Å². The number of allylic oxidation sites excluding steroid dienone is 1. The van der Waals surface area contributed by atoms with Gasteiger partial charge in [0.15, 0.2) is 0 Å². The molecule has 1 aliphatic carbocycles. The summed E-state index contributed by atoms with van der Waals surface area (Å²) in [5, 5.41) is 32.7. The van der Waals surface area contributed by atoms with Crippen molar-refractivity contribution in [2.75, 3.05) is 5.32 Å². The molecule has 0 spiro atoms. The van der Waals surface area contributed by atoms with Crippen LogP contribution in [0.2, 0.25) is 0 Å². The smallest absolute Gasteiger partial charge is 0.256 e. The van der Waals surface area contributed by atoms with Gasteiger partial charge in [-0.05, 0) is 42.7 Å². The number of hydrogen-bond acceptors (Lipinski definition) is 4. The van der Waals surface area contributed by atoms with Crippen LogP contribution in [0.4, 0.5) is 5.69 Å². The lowest BCUT2D eigenvalue weighted by molar-refractivity contribution is -0.110. The highest BCUT2D eigenvalue weighted by Gasteiger charge is 2.30. The molecule has 2 aromatic carbocycles. The molecule has 4 rings (SSSR count). The van der Waals surface area contributed by atoms with Gasteiger partial charge in [0.1, 0.15) is 11.5 Å². The largest absolute Gasteiger partial charge is 0.508 e. The molecule has 2 aromatic rings. The van der Waals surface area contributed by atoms with Crippen LogP contribution in [0.3, 0.4) is 0 Å². The minimum absolute atomic E-state index is 0.0791. The highest BCUT2D eigenvalue weighted by Crippen LogP contribution is 2.44. The van der Waals surface area contributed by atoms with Crippen molar-refractivity contribution in [3.8, 4) is 11.5 Å². The summed E-state index contributed by atoms with van der Waals surface area (Å²) in [6.07, 6.45) is 2.38. The molecule has 2 unspecified atom stereocenters. The number of benzene rings is 2. The fourth-order valence-electron chi connectivity index (χ4n) is 3.61. The summed E-state index contributed by atoms with van der Waals surface area (Å²) >= 11 is 0. The predicted molar refractivity (Wildman–Crippen MR) is 89.8 cm³/mol. The van der Waals surface area contributed by atoms with Crippen LogP contribution < -0.4 is 5.32 Å². The van der Waals surface area contributed by atoms with E-state index in [1.165, 1.54) is 6.07 Å². The van der Waals surface area contributed by atoms with Gasteiger partial charge in [0.05, 0.1) is 6.10 Å². The van der Waals surface area contributed by atoms with E-state index in [0.29, 0.717) is 35.2 Å². The Morgan fingerprint density at radius 1 is 1.12 bits per heavy atom. The number of fused-ring (bicyclic) bond motifs is 2. The third-order valence-electron chi connectivity index (χ3n) is 4.75. The van der Waals surface area contributed by atoms with E-state index in [9.17, 15) is 20.1 Å². The van der Waals surface area contributed by atoms with E-state index >= 15 is 0 Å². The lowest BCUT2D eigenvalue weighted by Crippen LogP contribution is -2.14. The molecule has 5 nitrogen and oxygen atoms in total. The first kappa shape index (κ1) is 14.8. The van der Waals surface area contributed by atoms with Crippen molar-refractivity contribution in [1.82, 2.24) is 0 Å². The van der Waals surface area contributed by atoms with Crippen molar-refractivity contribution in [3.05, 3.63) is 59.2 Å². The molecule has 4 N–H and O–H groups in total. The zero-order valence-electron chi connectivity index (χ0n) is 12.9. The molecule has 2 atom stereocenters. The fraction of sp³-hybridized carbons (Fsp3) is 0.211. The van der Waals surface area contributed by atoms with Crippen LogP contribution in [0.15, 0.2) is 42.5 Å². The number of aromatic hydroxyl groups is 2. The molecule has 0 fully saturated rings. The lowest BCUT2D eigenvalue weighted by atomic mass is 9.79. The van der Waals surface area contributed by atoms with Gasteiger partial charge in [-0.3, -0.25) is 4.79 Å². The number of phenolic OH excluding ortho intramolecular Hbond substituents is 2. The van der Waals surface area contributed by atoms with E-state index in [2.05, 4.69) is 5.32 Å². The number of hydrogen-bond donors (Lipinski definition) is 4. The van der Waals surface area contributed by atoms with Gasteiger partial charge in [0, 0.05) is 28.3 Å². The second-order valence-electron chi connectivity index (χ2n) is 6.24. The Morgan fingerprint density at radius 3 is 2.79 bits per heavy atom. The zero-order chi connectivity index (χ0) is 16.8. The van der Waals surface area contributed by atoms with Gasteiger partial charge in [0.25, 0.3) is 5.91 Å². The normalized spacial score (nSPS) is 23.7. The standard InChI is InChI=1S/C19H17NO4/c21-11-5-6-15-13(9-11)14(19(24)20-15)8-10-4-7-17(23)18-12(10)2-1-3-16(18)22/h1-3,5-6,8-10,17,21-23H,4,7H2,(H,20,24). The molecular formula is C19H17NO4. The van der Waals surface area contributed by atoms with E-state index < -0.39 is 6.10 Å². The molecule has 2 aliphatic rings. The van der Waals surface area contributed by atoms with Gasteiger partial charge < -0.3 is 20.6 Å². The maximum absolute atomic E-state index is 12.3. The van der Waals surface area contributed by atoms with E-state index in [1.807, 2.05) is 12.1 Å². The van der Waals surface area contributed by atoms with Crippen molar-refractivity contribution in [2.45, 2.75) is 24.9 Å². The molecule has 1 heterocycles. The van der Waals surface area contributed by atoms with E-state index in [-0.39, 0.29) is 23.3 Å². The third-order valence-corrected chi connectivity index (χ3v) is 4.75. The van der Waals surface area contributed by atoms with Crippen LogP contribution in [-0.2, 0) is 4.79 Å². The first-order chi connectivity index (χ1) is 11.5. The SMILES string of the molecule is O=C1Nc2ccc(O)cc2C1=CC1CCC(O)c2c(O)cccc21.